The highest BCUT2D eigenvalue weighted by atomic mass is 32.2. The first-order valence-corrected chi connectivity index (χ1v) is 5.84. The van der Waals surface area contributed by atoms with Gasteiger partial charge in [0.25, 0.3) is 0 Å². The zero-order valence-electron chi connectivity index (χ0n) is 9.33. The molecule has 0 aromatic heterocycles. The maximum atomic E-state index is 5.60. The lowest BCUT2D eigenvalue weighted by Gasteiger charge is -2.15. The van der Waals surface area contributed by atoms with E-state index in [0.717, 1.165) is 11.5 Å². The molecule has 1 unspecified atom stereocenters. The maximum absolute atomic E-state index is 5.60. The van der Waals surface area contributed by atoms with E-state index in [-0.39, 0.29) is 12.2 Å². The van der Waals surface area contributed by atoms with Crippen molar-refractivity contribution in [2.75, 3.05) is 5.75 Å². The Kier molecular flexibility index (Phi) is 7.38. The molecule has 2 nitrogen and oxygen atoms in total. The lowest BCUT2D eigenvalue weighted by molar-refractivity contribution is 0.0565. The Morgan fingerprint density at radius 3 is 2.46 bits per heavy atom. The van der Waals surface area contributed by atoms with E-state index in [0.29, 0.717) is 0 Å². The first-order valence-electron chi connectivity index (χ1n) is 4.89. The van der Waals surface area contributed by atoms with Crippen LogP contribution in [0.4, 0.5) is 0 Å². The third-order valence-corrected chi connectivity index (χ3v) is 2.58. The molecule has 0 amide bonds. The summed E-state index contributed by atoms with van der Waals surface area (Å²) in [5.41, 5.74) is 1.08. The summed E-state index contributed by atoms with van der Waals surface area (Å²) in [6, 6.07) is 0. The SMILES string of the molecule is CCCSN=C(C)C(C)OC(C)C. The summed E-state index contributed by atoms with van der Waals surface area (Å²) in [6.45, 7) is 10.3. The van der Waals surface area contributed by atoms with Crippen LogP contribution in [0.3, 0.4) is 0 Å². The Hall–Kier alpha value is -0.0200. The third kappa shape index (κ3) is 7.08. The molecule has 0 rings (SSSR count). The molecular weight excluding hydrogens is 182 g/mol. The van der Waals surface area contributed by atoms with Crippen LogP contribution >= 0.6 is 11.9 Å². The monoisotopic (exact) mass is 203 g/mol. The molecule has 0 fully saturated rings. The molecule has 0 N–H and O–H groups in total. The van der Waals surface area contributed by atoms with Crippen molar-refractivity contribution in [1.29, 1.82) is 0 Å². The van der Waals surface area contributed by atoms with Crippen LogP contribution in [-0.2, 0) is 4.74 Å². The van der Waals surface area contributed by atoms with Crippen molar-refractivity contribution in [1.82, 2.24) is 0 Å². The average molecular weight is 203 g/mol. The minimum Gasteiger partial charge on any atom is -0.370 e. The minimum absolute atomic E-state index is 0.143. The van der Waals surface area contributed by atoms with Crippen molar-refractivity contribution in [2.45, 2.75) is 53.2 Å². The molecule has 0 bridgehead atoms. The van der Waals surface area contributed by atoms with Gasteiger partial charge in [-0.15, -0.1) is 0 Å². The second-order valence-corrected chi connectivity index (χ2v) is 4.24. The van der Waals surface area contributed by atoms with Gasteiger partial charge < -0.3 is 4.74 Å². The molecule has 0 saturated heterocycles. The molecule has 0 saturated carbocycles. The van der Waals surface area contributed by atoms with Crippen molar-refractivity contribution in [2.24, 2.45) is 4.40 Å². The molecule has 0 aromatic rings. The highest BCUT2D eigenvalue weighted by molar-refractivity contribution is 7.98. The normalized spacial score (nSPS) is 15.1. The van der Waals surface area contributed by atoms with Gasteiger partial charge in [0.2, 0.25) is 0 Å². The number of rotatable bonds is 6. The van der Waals surface area contributed by atoms with Crippen molar-refractivity contribution < 1.29 is 4.74 Å². The fourth-order valence-corrected chi connectivity index (χ4v) is 1.45. The van der Waals surface area contributed by atoms with Gasteiger partial charge in [-0.3, -0.25) is 0 Å². The topological polar surface area (TPSA) is 21.6 Å². The first-order chi connectivity index (χ1) is 6.07. The standard InChI is InChI=1S/C10H21NOS/c1-6-7-13-11-9(4)10(5)12-8(2)3/h8,10H,6-7H2,1-5H3. The van der Waals surface area contributed by atoms with Crippen LogP contribution in [0, 0.1) is 0 Å². The van der Waals surface area contributed by atoms with E-state index in [1.807, 2.05) is 27.7 Å². The summed E-state index contributed by atoms with van der Waals surface area (Å²) in [5, 5.41) is 0. The summed E-state index contributed by atoms with van der Waals surface area (Å²) < 4.78 is 9.97. The summed E-state index contributed by atoms with van der Waals surface area (Å²) in [7, 11) is 0. The van der Waals surface area contributed by atoms with E-state index in [4.69, 9.17) is 4.74 Å². The van der Waals surface area contributed by atoms with E-state index >= 15 is 0 Å². The van der Waals surface area contributed by atoms with Crippen molar-refractivity contribution >= 4 is 17.7 Å². The highest BCUT2D eigenvalue weighted by Gasteiger charge is 2.07. The third-order valence-electron chi connectivity index (χ3n) is 1.57. The quantitative estimate of drug-likeness (QED) is 0.375. The number of hydrogen-bond acceptors (Lipinski definition) is 3. The minimum atomic E-state index is 0.143. The van der Waals surface area contributed by atoms with Gasteiger partial charge >= 0.3 is 0 Å². The number of hydrogen-bond donors (Lipinski definition) is 0. The Morgan fingerprint density at radius 1 is 1.38 bits per heavy atom. The molecule has 0 radical (unpaired) electrons. The molecule has 0 heterocycles. The molecule has 0 spiro atoms. The molecule has 78 valence electrons. The van der Waals surface area contributed by atoms with Gasteiger partial charge in [0.05, 0.1) is 17.9 Å². The van der Waals surface area contributed by atoms with E-state index in [1.165, 1.54) is 6.42 Å². The average Bonchev–Trinajstić information content (AvgIpc) is 2.03. The zero-order valence-corrected chi connectivity index (χ0v) is 10.1. The summed E-state index contributed by atoms with van der Waals surface area (Å²) in [6.07, 6.45) is 1.58. The van der Waals surface area contributed by atoms with E-state index in [9.17, 15) is 0 Å². The number of nitrogens with zero attached hydrogens (tertiary/aromatic N) is 1. The fourth-order valence-electron chi connectivity index (χ4n) is 0.820. The Bertz CT molecular complexity index is 157. The van der Waals surface area contributed by atoms with Crippen LogP contribution in [0.25, 0.3) is 0 Å². The van der Waals surface area contributed by atoms with Crippen LogP contribution in [0.5, 0.6) is 0 Å². The van der Waals surface area contributed by atoms with Crippen LogP contribution in [-0.4, -0.2) is 23.7 Å². The predicted octanol–water partition coefficient (Wildman–Crippen LogP) is 3.32. The lowest BCUT2D eigenvalue weighted by atomic mass is 10.3. The fraction of sp³-hybridized carbons (Fsp3) is 0.900. The molecule has 0 aliphatic carbocycles. The van der Waals surface area contributed by atoms with Crippen LogP contribution in [0.2, 0.25) is 0 Å². The van der Waals surface area contributed by atoms with Gasteiger partial charge in [-0.2, -0.15) is 0 Å². The molecule has 1 atom stereocenters. The highest BCUT2D eigenvalue weighted by Crippen LogP contribution is 2.08. The van der Waals surface area contributed by atoms with E-state index in [1.54, 1.807) is 11.9 Å². The summed E-state index contributed by atoms with van der Waals surface area (Å²) >= 11 is 1.62. The molecule has 0 aromatic carbocycles. The second-order valence-electron chi connectivity index (χ2n) is 3.39. The molecule has 13 heavy (non-hydrogen) atoms. The smallest absolute Gasteiger partial charge is 0.0935 e. The Labute approximate surface area is 86.3 Å². The Balaban J connectivity index is 3.79. The molecule has 3 heteroatoms. The van der Waals surface area contributed by atoms with E-state index < -0.39 is 0 Å². The first kappa shape index (κ1) is 13.0. The van der Waals surface area contributed by atoms with Gasteiger partial charge in [-0.25, -0.2) is 4.40 Å². The Morgan fingerprint density at radius 2 is 2.00 bits per heavy atom. The van der Waals surface area contributed by atoms with E-state index in [2.05, 4.69) is 11.3 Å². The predicted molar refractivity (Wildman–Crippen MR) is 61.5 cm³/mol. The van der Waals surface area contributed by atoms with Crippen LogP contribution < -0.4 is 0 Å². The largest absolute Gasteiger partial charge is 0.370 e. The van der Waals surface area contributed by atoms with Crippen molar-refractivity contribution in [3.8, 4) is 0 Å². The van der Waals surface area contributed by atoms with Crippen LogP contribution in [0.1, 0.15) is 41.0 Å². The number of ether oxygens (including phenoxy) is 1. The maximum Gasteiger partial charge on any atom is 0.0935 e. The lowest BCUT2D eigenvalue weighted by Crippen LogP contribution is -2.21. The van der Waals surface area contributed by atoms with Crippen molar-refractivity contribution in [3.05, 3.63) is 0 Å². The van der Waals surface area contributed by atoms with Gasteiger partial charge in [0.1, 0.15) is 0 Å². The van der Waals surface area contributed by atoms with Crippen LogP contribution in [0.15, 0.2) is 4.40 Å². The molecular formula is C10H21NOS. The van der Waals surface area contributed by atoms with Gasteiger partial charge in [0.15, 0.2) is 0 Å². The van der Waals surface area contributed by atoms with Gasteiger partial charge in [-0.05, 0) is 46.1 Å². The molecule has 0 aliphatic heterocycles. The van der Waals surface area contributed by atoms with Gasteiger partial charge in [-0.1, -0.05) is 6.92 Å². The zero-order chi connectivity index (χ0) is 10.3. The summed E-state index contributed by atoms with van der Waals surface area (Å²) in [5.74, 6) is 1.09. The molecule has 0 aliphatic rings. The van der Waals surface area contributed by atoms with Crippen molar-refractivity contribution in [3.63, 3.8) is 0 Å². The van der Waals surface area contributed by atoms with Gasteiger partial charge in [0, 0.05) is 5.75 Å². The summed E-state index contributed by atoms with van der Waals surface area (Å²) in [4.78, 5) is 0. The second kappa shape index (κ2) is 7.39.